The van der Waals surface area contributed by atoms with E-state index in [1.165, 1.54) is 16.7 Å². The first-order valence-corrected chi connectivity index (χ1v) is 5.37. The summed E-state index contributed by atoms with van der Waals surface area (Å²) in [6.45, 7) is 9.24. The Balaban J connectivity index is 2.51. The van der Waals surface area contributed by atoms with Gasteiger partial charge in [-0.3, -0.25) is 0 Å². The first kappa shape index (κ1) is 12.2. The lowest BCUT2D eigenvalue weighted by atomic mass is 10.1. The summed E-state index contributed by atoms with van der Waals surface area (Å²) in [7, 11) is 0. The molecule has 1 rings (SSSR count). The second-order valence-electron chi connectivity index (χ2n) is 4.91. The third kappa shape index (κ3) is 4.96. The van der Waals surface area contributed by atoms with Crippen LogP contribution in [-0.2, 0) is 6.54 Å². The van der Waals surface area contributed by atoms with Crippen LogP contribution < -0.4 is 5.32 Å². The Hall–Kier alpha value is -0.860. The zero-order valence-corrected chi connectivity index (χ0v) is 10.1. The van der Waals surface area contributed by atoms with E-state index < -0.39 is 5.60 Å². The molecule has 0 radical (unpaired) electrons. The molecule has 0 aliphatic heterocycles. The molecule has 0 bridgehead atoms. The highest BCUT2D eigenvalue weighted by Crippen LogP contribution is 2.08. The van der Waals surface area contributed by atoms with Gasteiger partial charge >= 0.3 is 0 Å². The minimum Gasteiger partial charge on any atom is -0.389 e. The Morgan fingerprint density at radius 2 is 1.67 bits per heavy atom. The van der Waals surface area contributed by atoms with Gasteiger partial charge in [0.25, 0.3) is 0 Å². The molecule has 0 spiro atoms. The summed E-state index contributed by atoms with van der Waals surface area (Å²) in [5.74, 6) is 0. The summed E-state index contributed by atoms with van der Waals surface area (Å²) >= 11 is 0. The van der Waals surface area contributed by atoms with Gasteiger partial charge in [0.15, 0.2) is 0 Å². The van der Waals surface area contributed by atoms with Crippen molar-refractivity contribution in [2.75, 3.05) is 6.54 Å². The van der Waals surface area contributed by atoms with E-state index in [0.717, 1.165) is 6.54 Å². The first-order chi connectivity index (χ1) is 6.87. The third-order valence-corrected chi connectivity index (χ3v) is 2.17. The van der Waals surface area contributed by atoms with Crippen molar-refractivity contribution in [3.63, 3.8) is 0 Å². The van der Waals surface area contributed by atoms with Crippen molar-refractivity contribution in [3.8, 4) is 0 Å². The van der Waals surface area contributed by atoms with Crippen LogP contribution in [0.5, 0.6) is 0 Å². The summed E-state index contributed by atoms with van der Waals surface area (Å²) < 4.78 is 0. The van der Waals surface area contributed by atoms with Gasteiger partial charge in [0.2, 0.25) is 0 Å². The summed E-state index contributed by atoms with van der Waals surface area (Å²) in [4.78, 5) is 0. The van der Waals surface area contributed by atoms with Crippen LogP contribution in [0.1, 0.15) is 30.5 Å². The Bertz CT molecular complexity index is 306. The summed E-state index contributed by atoms with van der Waals surface area (Å²) in [6.07, 6.45) is 0. The fraction of sp³-hybridized carbons (Fsp3) is 0.538. The number of benzene rings is 1. The molecule has 2 heteroatoms. The van der Waals surface area contributed by atoms with Crippen molar-refractivity contribution in [1.29, 1.82) is 0 Å². The fourth-order valence-electron chi connectivity index (χ4n) is 1.68. The summed E-state index contributed by atoms with van der Waals surface area (Å²) in [5.41, 5.74) is 3.21. The topological polar surface area (TPSA) is 32.3 Å². The molecule has 1 aromatic rings. The van der Waals surface area contributed by atoms with E-state index >= 15 is 0 Å². The molecule has 0 aliphatic carbocycles. The molecular formula is C13H21NO. The van der Waals surface area contributed by atoms with Gasteiger partial charge in [-0.2, -0.15) is 0 Å². The van der Waals surface area contributed by atoms with Crippen LogP contribution in [0.15, 0.2) is 18.2 Å². The molecule has 2 N–H and O–H groups in total. The van der Waals surface area contributed by atoms with Crippen molar-refractivity contribution in [1.82, 2.24) is 5.32 Å². The lowest BCUT2D eigenvalue weighted by Crippen LogP contribution is -2.34. The normalized spacial score (nSPS) is 11.8. The highest BCUT2D eigenvalue weighted by atomic mass is 16.3. The van der Waals surface area contributed by atoms with Crippen molar-refractivity contribution in [3.05, 3.63) is 34.9 Å². The lowest BCUT2D eigenvalue weighted by molar-refractivity contribution is 0.0795. The van der Waals surface area contributed by atoms with Gasteiger partial charge in [-0.25, -0.2) is 0 Å². The quantitative estimate of drug-likeness (QED) is 0.793. The molecule has 0 amide bonds. The Morgan fingerprint density at radius 1 is 1.13 bits per heavy atom. The van der Waals surface area contributed by atoms with Crippen LogP contribution in [0.2, 0.25) is 0 Å². The predicted octanol–water partition coefficient (Wildman–Crippen LogP) is 2.16. The number of nitrogens with one attached hydrogen (secondary N) is 1. The van der Waals surface area contributed by atoms with E-state index in [-0.39, 0.29) is 0 Å². The summed E-state index contributed by atoms with van der Waals surface area (Å²) in [5, 5.41) is 12.8. The second kappa shape index (κ2) is 4.77. The Morgan fingerprint density at radius 3 is 2.13 bits per heavy atom. The van der Waals surface area contributed by atoms with E-state index in [0.29, 0.717) is 6.54 Å². The molecule has 0 unspecified atom stereocenters. The van der Waals surface area contributed by atoms with Gasteiger partial charge in [-0.05, 0) is 33.3 Å². The number of aliphatic hydroxyl groups is 1. The fourth-order valence-corrected chi connectivity index (χ4v) is 1.68. The molecule has 0 atom stereocenters. The Labute approximate surface area is 92.3 Å². The molecule has 0 fully saturated rings. The van der Waals surface area contributed by atoms with E-state index in [1.807, 2.05) is 13.8 Å². The number of hydrogen-bond donors (Lipinski definition) is 2. The standard InChI is InChI=1S/C13H21NO/c1-10-5-11(2)7-12(6-10)8-14-9-13(3,4)15/h5-7,14-15H,8-9H2,1-4H3. The van der Waals surface area contributed by atoms with Crippen LogP contribution in [0.3, 0.4) is 0 Å². The molecule has 0 heterocycles. The number of rotatable bonds is 4. The van der Waals surface area contributed by atoms with Crippen LogP contribution in [-0.4, -0.2) is 17.3 Å². The van der Waals surface area contributed by atoms with Crippen molar-refractivity contribution >= 4 is 0 Å². The molecule has 2 nitrogen and oxygen atoms in total. The highest BCUT2D eigenvalue weighted by Gasteiger charge is 2.10. The minimum atomic E-state index is -0.640. The zero-order valence-electron chi connectivity index (χ0n) is 10.1. The SMILES string of the molecule is Cc1cc(C)cc(CNCC(C)(C)O)c1. The van der Waals surface area contributed by atoms with Gasteiger partial charge in [-0.15, -0.1) is 0 Å². The van der Waals surface area contributed by atoms with E-state index in [2.05, 4.69) is 37.4 Å². The highest BCUT2D eigenvalue weighted by molar-refractivity contribution is 5.28. The molecule has 0 saturated heterocycles. The van der Waals surface area contributed by atoms with E-state index in [9.17, 15) is 5.11 Å². The zero-order chi connectivity index (χ0) is 11.5. The van der Waals surface area contributed by atoms with E-state index in [4.69, 9.17) is 0 Å². The van der Waals surface area contributed by atoms with Gasteiger partial charge in [-0.1, -0.05) is 29.3 Å². The monoisotopic (exact) mass is 207 g/mol. The maximum Gasteiger partial charge on any atom is 0.0715 e. The largest absolute Gasteiger partial charge is 0.389 e. The van der Waals surface area contributed by atoms with Crippen LogP contribution in [0.4, 0.5) is 0 Å². The molecule has 0 saturated carbocycles. The second-order valence-corrected chi connectivity index (χ2v) is 4.91. The molecular weight excluding hydrogens is 186 g/mol. The van der Waals surface area contributed by atoms with Gasteiger partial charge < -0.3 is 10.4 Å². The maximum absolute atomic E-state index is 9.54. The smallest absolute Gasteiger partial charge is 0.0715 e. The third-order valence-electron chi connectivity index (χ3n) is 2.17. The molecule has 0 aliphatic rings. The summed E-state index contributed by atoms with van der Waals surface area (Å²) in [6, 6.07) is 6.51. The van der Waals surface area contributed by atoms with Crippen LogP contribution in [0, 0.1) is 13.8 Å². The average molecular weight is 207 g/mol. The molecule has 84 valence electrons. The molecule has 1 aromatic carbocycles. The first-order valence-electron chi connectivity index (χ1n) is 5.37. The Kier molecular flexibility index (Phi) is 3.89. The number of aryl methyl sites for hydroxylation is 2. The van der Waals surface area contributed by atoms with Crippen molar-refractivity contribution < 1.29 is 5.11 Å². The molecule has 0 aromatic heterocycles. The van der Waals surface area contributed by atoms with E-state index in [1.54, 1.807) is 0 Å². The lowest BCUT2D eigenvalue weighted by Gasteiger charge is -2.17. The predicted molar refractivity (Wildman–Crippen MR) is 63.9 cm³/mol. The van der Waals surface area contributed by atoms with Gasteiger partial charge in [0, 0.05) is 13.1 Å². The van der Waals surface area contributed by atoms with Crippen LogP contribution in [0.25, 0.3) is 0 Å². The van der Waals surface area contributed by atoms with Crippen molar-refractivity contribution in [2.45, 2.75) is 39.8 Å². The minimum absolute atomic E-state index is 0.611. The number of hydrogen-bond acceptors (Lipinski definition) is 2. The maximum atomic E-state index is 9.54. The van der Waals surface area contributed by atoms with Crippen molar-refractivity contribution in [2.24, 2.45) is 0 Å². The van der Waals surface area contributed by atoms with Gasteiger partial charge in [0.05, 0.1) is 5.60 Å². The molecule has 15 heavy (non-hydrogen) atoms. The van der Waals surface area contributed by atoms with Gasteiger partial charge in [0.1, 0.15) is 0 Å². The average Bonchev–Trinajstić information content (AvgIpc) is 1.99. The van der Waals surface area contributed by atoms with Crippen LogP contribution >= 0.6 is 0 Å².